The molecule has 2 atom stereocenters. The molecule has 0 spiro atoms. The minimum Gasteiger partial charge on any atom is -0.352 e. The highest BCUT2D eigenvalue weighted by molar-refractivity contribution is 7.99. The second-order valence-corrected chi connectivity index (χ2v) is 9.44. The first-order valence-electron chi connectivity index (χ1n) is 11.5. The molecule has 1 heterocycles. The van der Waals surface area contributed by atoms with E-state index in [9.17, 15) is 14.0 Å². The summed E-state index contributed by atoms with van der Waals surface area (Å²) in [4.78, 5) is 25.2. The van der Waals surface area contributed by atoms with E-state index in [4.69, 9.17) is 0 Å². The van der Waals surface area contributed by atoms with Crippen molar-refractivity contribution >= 4 is 29.3 Å². The van der Waals surface area contributed by atoms with Crippen LogP contribution in [0.4, 0.5) is 10.1 Å². The summed E-state index contributed by atoms with van der Waals surface area (Å²) in [5.74, 6) is 0.143. The molecule has 2 aromatic carbocycles. The lowest BCUT2D eigenvalue weighted by Crippen LogP contribution is -2.41. The van der Waals surface area contributed by atoms with E-state index in [1.807, 2.05) is 30.3 Å². The summed E-state index contributed by atoms with van der Waals surface area (Å²) >= 11 is 1.28. The number of hydrogen-bond donors (Lipinski definition) is 2. The number of hydrogen-bond acceptors (Lipinski definition) is 5. The van der Waals surface area contributed by atoms with Crippen LogP contribution in [0.25, 0.3) is 5.69 Å². The monoisotopic (exact) mass is 481 g/mol. The Bertz CT molecular complexity index is 1140. The summed E-state index contributed by atoms with van der Waals surface area (Å²) in [6.45, 7) is 2.18. The Hall–Kier alpha value is -3.20. The average Bonchev–Trinajstić information content (AvgIpc) is 3.23. The Kier molecular flexibility index (Phi) is 7.95. The van der Waals surface area contributed by atoms with Crippen LogP contribution in [0.3, 0.4) is 0 Å². The van der Waals surface area contributed by atoms with Crippen molar-refractivity contribution in [3.05, 3.63) is 66.2 Å². The van der Waals surface area contributed by atoms with Crippen LogP contribution in [0.5, 0.6) is 0 Å². The molecule has 7 nitrogen and oxygen atoms in total. The van der Waals surface area contributed by atoms with E-state index in [1.54, 1.807) is 16.7 Å². The van der Waals surface area contributed by atoms with Gasteiger partial charge in [0.05, 0.1) is 17.9 Å². The highest BCUT2D eigenvalue weighted by Gasteiger charge is 2.24. The van der Waals surface area contributed by atoms with Gasteiger partial charge in [0.25, 0.3) is 0 Å². The summed E-state index contributed by atoms with van der Waals surface area (Å²) in [6.07, 6.45) is 4.42. The smallest absolute Gasteiger partial charge is 0.232 e. The van der Waals surface area contributed by atoms with Crippen LogP contribution in [0.2, 0.25) is 0 Å². The Balaban J connectivity index is 1.47. The lowest BCUT2D eigenvalue weighted by atomic mass is 9.86. The molecule has 34 heavy (non-hydrogen) atoms. The molecule has 0 saturated heterocycles. The fraction of sp³-hybridized carbons (Fsp3) is 0.360. The van der Waals surface area contributed by atoms with E-state index < -0.39 is 11.7 Å². The number of rotatable bonds is 8. The summed E-state index contributed by atoms with van der Waals surface area (Å²) in [7, 11) is 0. The fourth-order valence-electron chi connectivity index (χ4n) is 4.15. The number of nitrogens with zero attached hydrogens (tertiary/aromatic N) is 3. The van der Waals surface area contributed by atoms with E-state index in [0.717, 1.165) is 24.9 Å². The fourth-order valence-corrected chi connectivity index (χ4v) is 4.94. The maximum absolute atomic E-state index is 13.9. The second-order valence-electron chi connectivity index (χ2n) is 8.50. The van der Waals surface area contributed by atoms with E-state index in [-0.39, 0.29) is 29.8 Å². The van der Waals surface area contributed by atoms with Crippen molar-refractivity contribution in [3.63, 3.8) is 0 Å². The molecule has 1 aromatic heterocycles. The van der Waals surface area contributed by atoms with Gasteiger partial charge in [-0.05, 0) is 43.0 Å². The normalized spacial score (nSPS) is 17.8. The van der Waals surface area contributed by atoms with Gasteiger partial charge in [-0.25, -0.2) is 4.39 Å². The van der Waals surface area contributed by atoms with Crippen molar-refractivity contribution in [3.8, 4) is 5.69 Å². The van der Waals surface area contributed by atoms with Gasteiger partial charge < -0.3 is 10.6 Å². The molecule has 1 fully saturated rings. The molecule has 1 aliphatic carbocycles. The van der Waals surface area contributed by atoms with Crippen molar-refractivity contribution in [2.45, 2.75) is 50.2 Å². The molecule has 0 bridgehead atoms. The third-order valence-corrected chi connectivity index (χ3v) is 6.90. The van der Waals surface area contributed by atoms with Crippen molar-refractivity contribution < 1.29 is 14.0 Å². The predicted molar refractivity (Wildman–Crippen MR) is 130 cm³/mol. The van der Waals surface area contributed by atoms with E-state index >= 15 is 0 Å². The number of thioether (sulfide) groups is 1. The van der Waals surface area contributed by atoms with Crippen LogP contribution in [0.15, 0.2) is 59.8 Å². The number of amides is 2. The van der Waals surface area contributed by atoms with Gasteiger partial charge in [0.2, 0.25) is 11.8 Å². The molecule has 178 valence electrons. The van der Waals surface area contributed by atoms with Gasteiger partial charge in [-0.2, -0.15) is 0 Å². The number of aromatic nitrogens is 3. The number of para-hydroxylation sites is 2. The number of halogens is 1. The number of nitrogens with one attached hydrogen (secondary N) is 2. The van der Waals surface area contributed by atoms with E-state index in [2.05, 4.69) is 27.8 Å². The minimum atomic E-state index is -0.505. The summed E-state index contributed by atoms with van der Waals surface area (Å²) < 4.78 is 15.7. The van der Waals surface area contributed by atoms with E-state index in [1.165, 1.54) is 30.3 Å². The van der Waals surface area contributed by atoms with Crippen LogP contribution in [-0.4, -0.2) is 38.4 Å². The first-order chi connectivity index (χ1) is 16.5. The SMILES string of the molecule is C[C@H]1CCCC[C@H]1NC(=O)CSc1nnc(CC(=O)Nc2ccccc2F)n1-c1ccccc1. The minimum absolute atomic E-state index is 0.0368. The summed E-state index contributed by atoms with van der Waals surface area (Å²) in [5.41, 5.74) is 0.895. The number of carbonyl (C=O) groups is 2. The van der Waals surface area contributed by atoms with Crippen molar-refractivity contribution in [2.75, 3.05) is 11.1 Å². The first kappa shape index (κ1) is 23.9. The zero-order valence-corrected chi connectivity index (χ0v) is 19.9. The lowest BCUT2D eigenvalue weighted by Gasteiger charge is -2.29. The zero-order valence-electron chi connectivity index (χ0n) is 19.0. The highest BCUT2D eigenvalue weighted by Crippen LogP contribution is 2.25. The van der Waals surface area contributed by atoms with Crippen LogP contribution < -0.4 is 10.6 Å². The number of carbonyl (C=O) groups excluding carboxylic acids is 2. The first-order valence-corrected chi connectivity index (χ1v) is 12.5. The molecular weight excluding hydrogens is 453 g/mol. The third kappa shape index (κ3) is 6.02. The predicted octanol–water partition coefficient (Wildman–Crippen LogP) is 4.37. The van der Waals surface area contributed by atoms with Gasteiger partial charge in [-0.3, -0.25) is 14.2 Å². The molecule has 0 unspecified atom stereocenters. The zero-order chi connectivity index (χ0) is 23.9. The van der Waals surface area contributed by atoms with Crippen LogP contribution in [0, 0.1) is 11.7 Å². The van der Waals surface area contributed by atoms with Crippen LogP contribution >= 0.6 is 11.8 Å². The maximum Gasteiger partial charge on any atom is 0.232 e. The van der Waals surface area contributed by atoms with Gasteiger partial charge in [0, 0.05) is 11.7 Å². The topological polar surface area (TPSA) is 88.9 Å². The molecule has 0 aliphatic heterocycles. The third-order valence-electron chi connectivity index (χ3n) is 5.97. The Morgan fingerprint density at radius 2 is 1.76 bits per heavy atom. The van der Waals surface area contributed by atoms with Crippen molar-refractivity contribution in [1.82, 2.24) is 20.1 Å². The highest BCUT2D eigenvalue weighted by atomic mass is 32.2. The van der Waals surface area contributed by atoms with E-state index in [0.29, 0.717) is 16.9 Å². The largest absolute Gasteiger partial charge is 0.352 e. The molecule has 1 aliphatic rings. The van der Waals surface area contributed by atoms with Gasteiger partial charge in [-0.15, -0.1) is 10.2 Å². The van der Waals surface area contributed by atoms with Crippen LogP contribution in [-0.2, 0) is 16.0 Å². The number of benzene rings is 2. The molecular formula is C25H28FN5O2S. The van der Waals surface area contributed by atoms with Gasteiger partial charge in [0.15, 0.2) is 5.16 Å². The Labute approximate surface area is 202 Å². The molecule has 0 radical (unpaired) electrons. The molecule has 3 aromatic rings. The number of anilines is 1. The second kappa shape index (κ2) is 11.3. The quantitative estimate of drug-likeness (QED) is 0.466. The van der Waals surface area contributed by atoms with Crippen LogP contribution in [0.1, 0.15) is 38.4 Å². The lowest BCUT2D eigenvalue weighted by molar-refractivity contribution is -0.120. The Morgan fingerprint density at radius 3 is 2.53 bits per heavy atom. The molecule has 1 saturated carbocycles. The Morgan fingerprint density at radius 1 is 1.03 bits per heavy atom. The summed E-state index contributed by atoms with van der Waals surface area (Å²) in [5, 5.41) is 14.7. The van der Waals surface area contributed by atoms with Crippen molar-refractivity contribution in [1.29, 1.82) is 0 Å². The molecule has 9 heteroatoms. The molecule has 2 amide bonds. The average molecular weight is 482 g/mol. The molecule has 2 N–H and O–H groups in total. The standard InChI is InChI=1S/C25H28FN5O2S/c1-17-9-5-7-13-20(17)27-24(33)16-34-25-30-29-22(31(25)18-10-3-2-4-11-18)15-23(32)28-21-14-8-6-12-19(21)26/h2-4,6,8,10-12,14,17,20H,5,7,9,13,15-16H2,1H3,(H,27,33)(H,28,32)/t17-,20+/m0/s1. The van der Waals surface area contributed by atoms with Crippen molar-refractivity contribution in [2.24, 2.45) is 5.92 Å². The van der Waals surface area contributed by atoms with Gasteiger partial charge >= 0.3 is 0 Å². The van der Waals surface area contributed by atoms with Gasteiger partial charge in [0.1, 0.15) is 11.6 Å². The maximum atomic E-state index is 13.9. The summed E-state index contributed by atoms with van der Waals surface area (Å²) in [6, 6.07) is 15.6. The molecule has 4 rings (SSSR count). The van der Waals surface area contributed by atoms with Gasteiger partial charge in [-0.1, -0.05) is 61.9 Å².